The van der Waals surface area contributed by atoms with Crippen LogP contribution < -0.4 is 9.64 Å². The van der Waals surface area contributed by atoms with Gasteiger partial charge in [-0.15, -0.1) is 0 Å². The second-order valence-electron chi connectivity index (χ2n) is 7.84. The van der Waals surface area contributed by atoms with E-state index in [1.165, 1.54) is 5.56 Å². The van der Waals surface area contributed by atoms with E-state index < -0.39 is 0 Å². The Labute approximate surface area is 184 Å². The highest BCUT2D eigenvalue weighted by Gasteiger charge is 2.19. The molecule has 1 heterocycles. The fourth-order valence-electron chi connectivity index (χ4n) is 3.63. The smallest absolute Gasteiger partial charge is 0.119 e. The minimum Gasteiger partial charge on any atom is -0.494 e. The molecule has 1 aliphatic rings. The van der Waals surface area contributed by atoms with Crippen molar-refractivity contribution in [2.45, 2.75) is 19.4 Å². The first-order valence-electron chi connectivity index (χ1n) is 10.3. The maximum Gasteiger partial charge on any atom is 0.119 e. The minimum atomic E-state index is 0.624. The molecule has 3 rings (SSSR count). The van der Waals surface area contributed by atoms with Crippen LogP contribution in [0.1, 0.15) is 18.4 Å². The summed E-state index contributed by atoms with van der Waals surface area (Å²) in [5.41, 5.74) is 2.35. The van der Waals surface area contributed by atoms with Gasteiger partial charge in [-0.25, -0.2) is 0 Å². The lowest BCUT2D eigenvalue weighted by Gasteiger charge is -2.36. The van der Waals surface area contributed by atoms with E-state index in [0.29, 0.717) is 10.0 Å². The lowest BCUT2D eigenvalue weighted by molar-refractivity contribution is 0.238. The second kappa shape index (κ2) is 11.1. The van der Waals surface area contributed by atoms with E-state index in [1.54, 1.807) is 0 Å². The molecule has 2 aromatic rings. The molecular formula is C23H31Cl2N3O. The summed E-state index contributed by atoms with van der Waals surface area (Å²) in [5, 5.41) is 1.29. The third-order valence-corrected chi connectivity index (χ3v) is 6.01. The number of nitrogens with zero attached hydrogens (tertiary/aromatic N) is 3. The lowest BCUT2D eigenvalue weighted by Crippen LogP contribution is -2.46. The minimum absolute atomic E-state index is 0.624. The third kappa shape index (κ3) is 6.78. The summed E-state index contributed by atoms with van der Waals surface area (Å²) in [7, 11) is 4.16. The molecule has 0 spiro atoms. The van der Waals surface area contributed by atoms with Crippen LogP contribution in [0.5, 0.6) is 5.75 Å². The van der Waals surface area contributed by atoms with Gasteiger partial charge >= 0.3 is 0 Å². The van der Waals surface area contributed by atoms with Crippen LogP contribution in [0.25, 0.3) is 0 Å². The van der Waals surface area contributed by atoms with E-state index >= 15 is 0 Å². The van der Waals surface area contributed by atoms with Crippen molar-refractivity contribution in [2.24, 2.45) is 0 Å². The SMILES string of the molecule is CN(C)Cc1ccc(OCCCCN2CCN(c3cccc(Cl)c3Cl)CC2)cc1. The molecule has 158 valence electrons. The van der Waals surface area contributed by atoms with Gasteiger partial charge in [0.05, 0.1) is 22.3 Å². The number of rotatable bonds is 9. The quantitative estimate of drug-likeness (QED) is 0.513. The van der Waals surface area contributed by atoms with Crippen molar-refractivity contribution in [3.8, 4) is 5.75 Å². The van der Waals surface area contributed by atoms with Crippen molar-refractivity contribution in [1.82, 2.24) is 9.80 Å². The first kappa shape index (κ1) is 22.2. The number of anilines is 1. The summed E-state index contributed by atoms with van der Waals surface area (Å²) in [5.74, 6) is 0.958. The highest BCUT2D eigenvalue weighted by atomic mass is 35.5. The van der Waals surface area contributed by atoms with E-state index in [4.69, 9.17) is 27.9 Å². The Bertz CT molecular complexity index is 759. The number of hydrogen-bond acceptors (Lipinski definition) is 4. The molecule has 4 nitrogen and oxygen atoms in total. The Balaban J connectivity index is 1.31. The van der Waals surface area contributed by atoms with Crippen LogP contribution in [0.2, 0.25) is 10.0 Å². The number of unbranched alkanes of at least 4 members (excludes halogenated alkanes) is 1. The topological polar surface area (TPSA) is 19.0 Å². The monoisotopic (exact) mass is 435 g/mol. The van der Waals surface area contributed by atoms with Gasteiger partial charge in [-0.2, -0.15) is 0 Å². The van der Waals surface area contributed by atoms with Crippen LogP contribution in [0, 0.1) is 0 Å². The first-order chi connectivity index (χ1) is 14.0. The van der Waals surface area contributed by atoms with Gasteiger partial charge in [-0.05, 0) is 63.3 Å². The molecule has 29 heavy (non-hydrogen) atoms. The summed E-state index contributed by atoms with van der Waals surface area (Å²) in [6.07, 6.45) is 2.22. The van der Waals surface area contributed by atoms with Gasteiger partial charge in [0, 0.05) is 32.7 Å². The normalized spacial score (nSPS) is 15.1. The van der Waals surface area contributed by atoms with Crippen molar-refractivity contribution in [3.63, 3.8) is 0 Å². The summed E-state index contributed by atoms with van der Waals surface area (Å²) < 4.78 is 5.89. The van der Waals surface area contributed by atoms with Gasteiger partial charge in [0.1, 0.15) is 5.75 Å². The number of hydrogen-bond donors (Lipinski definition) is 0. The Morgan fingerprint density at radius 1 is 0.931 bits per heavy atom. The van der Waals surface area contributed by atoms with E-state index in [9.17, 15) is 0 Å². The maximum atomic E-state index is 6.36. The maximum absolute atomic E-state index is 6.36. The van der Waals surface area contributed by atoms with Gasteiger partial charge in [-0.1, -0.05) is 41.4 Å². The summed E-state index contributed by atoms with van der Waals surface area (Å²) in [6, 6.07) is 14.3. The largest absolute Gasteiger partial charge is 0.494 e. The number of halogens is 2. The molecule has 0 unspecified atom stereocenters. The molecule has 0 bridgehead atoms. The van der Waals surface area contributed by atoms with Crippen LogP contribution in [0.3, 0.4) is 0 Å². The van der Waals surface area contributed by atoms with Crippen molar-refractivity contribution in [1.29, 1.82) is 0 Å². The predicted molar refractivity (Wildman–Crippen MR) is 124 cm³/mol. The van der Waals surface area contributed by atoms with Gasteiger partial charge < -0.3 is 14.5 Å². The van der Waals surface area contributed by atoms with Crippen molar-refractivity contribution in [2.75, 3.05) is 58.3 Å². The van der Waals surface area contributed by atoms with Crippen LogP contribution in [0.4, 0.5) is 5.69 Å². The van der Waals surface area contributed by atoms with Crippen LogP contribution in [-0.4, -0.2) is 63.2 Å². The fraction of sp³-hybridized carbons (Fsp3) is 0.478. The summed E-state index contributed by atoms with van der Waals surface area (Å²) in [4.78, 5) is 7.01. The van der Waals surface area contributed by atoms with E-state index in [-0.39, 0.29) is 0 Å². The van der Waals surface area contributed by atoms with Crippen LogP contribution in [0.15, 0.2) is 42.5 Å². The van der Waals surface area contributed by atoms with Crippen LogP contribution in [-0.2, 0) is 6.54 Å². The van der Waals surface area contributed by atoms with Crippen LogP contribution >= 0.6 is 23.2 Å². The zero-order chi connectivity index (χ0) is 20.6. The molecule has 1 fully saturated rings. The molecule has 2 aromatic carbocycles. The molecule has 0 radical (unpaired) electrons. The molecule has 0 atom stereocenters. The third-order valence-electron chi connectivity index (χ3n) is 5.20. The molecule has 1 aliphatic heterocycles. The molecular weight excluding hydrogens is 405 g/mol. The lowest BCUT2D eigenvalue weighted by atomic mass is 10.2. The molecule has 0 aromatic heterocycles. The van der Waals surface area contributed by atoms with E-state index in [0.717, 1.165) is 70.2 Å². The van der Waals surface area contributed by atoms with Gasteiger partial charge in [0.2, 0.25) is 0 Å². The van der Waals surface area contributed by atoms with E-state index in [2.05, 4.69) is 53.1 Å². The van der Waals surface area contributed by atoms with Gasteiger partial charge in [0.25, 0.3) is 0 Å². The number of benzene rings is 2. The molecule has 6 heteroatoms. The summed E-state index contributed by atoms with van der Waals surface area (Å²) >= 11 is 12.5. The summed E-state index contributed by atoms with van der Waals surface area (Å²) in [6.45, 7) is 6.91. The molecule has 0 N–H and O–H groups in total. The standard InChI is InChI=1S/C23H31Cl2N3O/c1-26(2)18-19-8-10-20(11-9-19)29-17-4-3-12-27-13-15-28(16-14-27)22-7-5-6-21(24)23(22)25/h5-11H,3-4,12-18H2,1-2H3. The number of piperazine rings is 1. The Morgan fingerprint density at radius 2 is 1.66 bits per heavy atom. The van der Waals surface area contributed by atoms with Gasteiger partial charge in [-0.3, -0.25) is 4.90 Å². The zero-order valence-electron chi connectivity index (χ0n) is 17.4. The Morgan fingerprint density at radius 3 is 2.34 bits per heavy atom. The Kier molecular flexibility index (Phi) is 8.49. The van der Waals surface area contributed by atoms with Crippen molar-refractivity contribution in [3.05, 3.63) is 58.1 Å². The molecule has 0 aliphatic carbocycles. The molecule has 1 saturated heterocycles. The van der Waals surface area contributed by atoms with Crippen molar-refractivity contribution >= 4 is 28.9 Å². The first-order valence-corrected chi connectivity index (χ1v) is 11.1. The van der Waals surface area contributed by atoms with Gasteiger partial charge in [0.15, 0.2) is 0 Å². The Hall–Kier alpha value is -1.46. The highest BCUT2D eigenvalue weighted by Crippen LogP contribution is 2.32. The molecule has 0 amide bonds. The average molecular weight is 436 g/mol. The number of ether oxygens (including phenoxy) is 1. The fourth-order valence-corrected chi connectivity index (χ4v) is 4.05. The predicted octanol–water partition coefficient (Wildman–Crippen LogP) is 5.04. The molecule has 0 saturated carbocycles. The van der Waals surface area contributed by atoms with Crippen molar-refractivity contribution < 1.29 is 4.74 Å². The zero-order valence-corrected chi connectivity index (χ0v) is 18.9. The second-order valence-corrected chi connectivity index (χ2v) is 8.62. The average Bonchev–Trinajstić information content (AvgIpc) is 2.71. The highest BCUT2D eigenvalue weighted by molar-refractivity contribution is 6.43. The van der Waals surface area contributed by atoms with E-state index in [1.807, 2.05) is 18.2 Å².